The molecule has 11 heteroatoms. The summed E-state index contributed by atoms with van der Waals surface area (Å²) in [5.74, 6) is 1.11. The third kappa shape index (κ3) is 3.78. The summed E-state index contributed by atoms with van der Waals surface area (Å²) >= 11 is 0. The van der Waals surface area contributed by atoms with Gasteiger partial charge in [0.15, 0.2) is 5.82 Å². The Morgan fingerprint density at radius 1 is 1.03 bits per heavy atom. The highest BCUT2D eigenvalue weighted by Gasteiger charge is 2.37. The van der Waals surface area contributed by atoms with Crippen molar-refractivity contribution in [3.8, 4) is 11.4 Å². The van der Waals surface area contributed by atoms with Crippen LogP contribution in [0, 0.1) is 0 Å². The molecule has 0 radical (unpaired) electrons. The highest BCUT2D eigenvalue weighted by atomic mass is 32.2. The molecule has 4 heterocycles. The molecule has 2 aliphatic carbocycles. The molecular formula is C23H25N7O3S. The number of aromatic nitrogens is 7. The van der Waals surface area contributed by atoms with Gasteiger partial charge < -0.3 is 9.67 Å². The van der Waals surface area contributed by atoms with Crippen molar-refractivity contribution < 1.29 is 13.5 Å². The van der Waals surface area contributed by atoms with Crippen LogP contribution < -0.4 is 0 Å². The van der Waals surface area contributed by atoms with Gasteiger partial charge in [0.1, 0.15) is 17.9 Å². The number of hydrogen-bond donors (Lipinski definition) is 1. The van der Waals surface area contributed by atoms with Crippen LogP contribution in [0.3, 0.4) is 0 Å². The molecule has 34 heavy (non-hydrogen) atoms. The molecule has 0 saturated heterocycles. The lowest BCUT2D eigenvalue weighted by molar-refractivity contribution is 0.261. The average Bonchev–Trinajstić information content (AvgIpc) is 3.24. The van der Waals surface area contributed by atoms with Crippen molar-refractivity contribution in [2.75, 3.05) is 0 Å². The number of aliphatic hydroxyl groups is 1. The molecule has 2 saturated carbocycles. The molecule has 2 fully saturated rings. The van der Waals surface area contributed by atoms with E-state index in [9.17, 15) is 13.5 Å². The topological polar surface area (TPSA) is 129 Å². The second kappa shape index (κ2) is 8.24. The van der Waals surface area contributed by atoms with E-state index in [-0.39, 0.29) is 11.9 Å². The number of imidazole rings is 1. The van der Waals surface area contributed by atoms with Gasteiger partial charge in [0.05, 0.1) is 40.6 Å². The highest BCUT2D eigenvalue weighted by Crippen LogP contribution is 2.34. The third-order valence-electron chi connectivity index (χ3n) is 6.64. The zero-order chi connectivity index (χ0) is 23.3. The first-order valence-corrected chi connectivity index (χ1v) is 13.1. The lowest BCUT2D eigenvalue weighted by Gasteiger charge is -2.15. The van der Waals surface area contributed by atoms with Gasteiger partial charge in [0.25, 0.3) is 10.0 Å². The Labute approximate surface area is 196 Å². The summed E-state index contributed by atoms with van der Waals surface area (Å²) in [5, 5.41) is 13.5. The Bertz CT molecular complexity index is 1470. The molecule has 176 valence electrons. The van der Waals surface area contributed by atoms with E-state index in [1.54, 1.807) is 12.4 Å². The number of fused-ring (bicyclic) bond motifs is 1. The molecule has 10 nitrogen and oxygen atoms in total. The molecule has 4 aromatic heterocycles. The van der Waals surface area contributed by atoms with Crippen LogP contribution in [0.5, 0.6) is 0 Å². The maximum atomic E-state index is 12.4. The predicted octanol–water partition coefficient (Wildman–Crippen LogP) is 2.62. The number of nitrogens with zero attached hydrogens (tertiary/aromatic N) is 7. The minimum atomic E-state index is -3.43. The minimum absolute atomic E-state index is 0.0973. The summed E-state index contributed by atoms with van der Waals surface area (Å²) in [5.41, 5.74) is 3.94. The fraction of sp³-hybridized carbons (Fsp3) is 0.435. The van der Waals surface area contributed by atoms with E-state index in [2.05, 4.69) is 29.6 Å². The normalized spacial score (nSPS) is 17.1. The van der Waals surface area contributed by atoms with Crippen molar-refractivity contribution in [2.24, 2.45) is 0 Å². The van der Waals surface area contributed by atoms with Gasteiger partial charge >= 0.3 is 0 Å². The standard InChI is InChI=1S/C23H25N7O3S/c31-14-22-28-20-12-25-17(10-21(20)30(22)18-3-1-2-4-18)9-16-7-8-24-23(27-16)15-11-26-29(13-15)34(32,33)19-5-6-19/h7-8,10-13,18-19,31H,1-6,9,14H2. The SMILES string of the molecule is O=S(=O)(C1CC1)n1cc(-c2nccc(Cc3cc4c(cn3)nc(CO)n4C3CCCC3)n2)cn1. The molecule has 2 aliphatic rings. The van der Waals surface area contributed by atoms with E-state index in [4.69, 9.17) is 0 Å². The van der Waals surface area contributed by atoms with Gasteiger partial charge in [0, 0.05) is 24.4 Å². The van der Waals surface area contributed by atoms with Gasteiger partial charge in [-0.1, -0.05) is 12.8 Å². The zero-order valence-electron chi connectivity index (χ0n) is 18.6. The van der Waals surface area contributed by atoms with Gasteiger partial charge in [-0.15, -0.1) is 0 Å². The second-order valence-corrected chi connectivity index (χ2v) is 11.1. The van der Waals surface area contributed by atoms with Gasteiger partial charge in [-0.25, -0.2) is 23.4 Å². The smallest absolute Gasteiger partial charge is 0.256 e. The fourth-order valence-corrected chi connectivity index (χ4v) is 6.24. The van der Waals surface area contributed by atoms with E-state index < -0.39 is 10.0 Å². The molecule has 0 unspecified atom stereocenters. The average molecular weight is 480 g/mol. The first-order valence-electron chi connectivity index (χ1n) is 11.6. The summed E-state index contributed by atoms with van der Waals surface area (Å²) in [6.07, 6.45) is 12.8. The maximum absolute atomic E-state index is 12.4. The number of pyridine rings is 1. The van der Waals surface area contributed by atoms with Gasteiger partial charge in [-0.05, 0) is 37.8 Å². The number of aliphatic hydroxyl groups excluding tert-OH is 1. The van der Waals surface area contributed by atoms with Crippen LogP contribution in [0.15, 0.2) is 36.9 Å². The van der Waals surface area contributed by atoms with Crippen LogP contribution >= 0.6 is 0 Å². The minimum Gasteiger partial charge on any atom is -0.388 e. The monoisotopic (exact) mass is 479 g/mol. The van der Waals surface area contributed by atoms with E-state index >= 15 is 0 Å². The Hall–Kier alpha value is -3.18. The molecule has 0 spiro atoms. The van der Waals surface area contributed by atoms with Gasteiger partial charge in [0.2, 0.25) is 0 Å². The maximum Gasteiger partial charge on any atom is 0.256 e. The Kier molecular flexibility index (Phi) is 5.18. The van der Waals surface area contributed by atoms with E-state index in [1.165, 1.54) is 25.2 Å². The van der Waals surface area contributed by atoms with Crippen molar-refractivity contribution in [1.29, 1.82) is 0 Å². The fourth-order valence-electron chi connectivity index (χ4n) is 4.77. The largest absolute Gasteiger partial charge is 0.388 e. The molecule has 1 N–H and O–H groups in total. The van der Waals surface area contributed by atoms with Crippen LogP contribution in [-0.4, -0.2) is 52.5 Å². The number of hydrogen-bond acceptors (Lipinski definition) is 8. The van der Waals surface area contributed by atoms with Crippen molar-refractivity contribution in [3.05, 3.63) is 54.1 Å². The van der Waals surface area contributed by atoms with Crippen LogP contribution in [0.1, 0.15) is 61.8 Å². The molecular weight excluding hydrogens is 454 g/mol. The van der Waals surface area contributed by atoms with E-state index in [0.717, 1.165) is 39.4 Å². The Balaban J connectivity index is 1.29. The molecule has 0 aromatic carbocycles. The van der Waals surface area contributed by atoms with Crippen LogP contribution in [0.4, 0.5) is 0 Å². The highest BCUT2D eigenvalue weighted by molar-refractivity contribution is 7.90. The summed E-state index contributed by atoms with van der Waals surface area (Å²) in [6.45, 7) is -0.0973. The predicted molar refractivity (Wildman–Crippen MR) is 124 cm³/mol. The molecule has 0 amide bonds. The van der Waals surface area contributed by atoms with Crippen LogP contribution in [-0.2, 0) is 23.1 Å². The van der Waals surface area contributed by atoms with Gasteiger partial charge in [-0.3, -0.25) is 4.98 Å². The summed E-state index contributed by atoms with van der Waals surface area (Å²) in [4.78, 5) is 18.1. The Morgan fingerprint density at radius 3 is 2.62 bits per heavy atom. The molecule has 0 aliphatic heterocycles. The molecule has 0 bridgehead atoms. The van der Waals surface area contributed by atoms with E-state index in [1.807, 2.05) is 12.1 Å². The summed E-state index contributed by atoms with van der Waals surface area (Å²) in [7, 11) is -3.43. The summed E-state index contributed by atoms with van der Waals surface area (Å²) in [6, 6.07) is 4.22. The second-order valence-electron chi connectivity index (χ2n) is 9.05. The van der Waals surface area contributed by atoms with Crippen molar-refractivity contribution in [1.82, 2.24) is 33.7 Å². The lowest BCUT2D eigenvalue weighted by Crippen LogP contribution is -2.17. The van der Waals surface area contributed by atoms with Crippen molar-refractivity contribution in [3.63, 3.8) is 0 Å². The van der Waals surface area contributed by atoms with Crippen molar-refractivity contribution >= 4 is 21.1 Å². The first-order chi connectivity index (χ1) is 16.5. The summed E-state index contributed by atoms with van der Waals surface area (Å²) < 4.78 is 28.1. The zero-order valence-corrected chi connectivity index (χ0v) is 19.4. The lowest BCUT2D eigenvalue weighted by atomic mass is 10.2. The molecule has 0 atom stereocenters. The Morgan fingerprint density at radius 2 is 1.85 bits per heavy atom. The quantitative estimate of drug-likeness (QED) is 0.428. The third-order valence-corrected chi connectivity index (χ3v) is 8.67. The number of rotatable bonds is 7. The first kappa shape index (κ1) is 21.4. The molecule has 4 aromatic rings. The molecule has 6 rings (SSSR count). The van der Waals surface area contributed by atoms with Crippen LogP contribution in [0.25, 0.3) is 22.4 Å². The van der Waals surface area contributed by atoms with E-state index in [0.29, 0.717) is 42.5 Å². The van der Waals surface area contributed by atoms with Crippen molar-refractivity contribution in [2.45, 2.75) is 62.8 Å². The van der Waals surface area contributed by atoms with Crippen LogP contribution in [0.2, 0.25) is 0 Å². The van der Waals surface area contributed by atoms with Gasteiger partial charge in [-0.2, -0.15) is 9.19 Å².